The Labute approximate surface area is 239 Å². The van der Waals surface area contributed by atoms with Crippen molar-refractivity contribution in [1.82, 2.24) is 20.1 Å². The molecule has 0 fully saturated rings. The summed E-state index contributed by atoms with van der Waals surface area (Å²) < 4.78 is 7.79. The lowest BCUT2D eigenvalue weighted by Gasteiger charge is -2.20. The largest absolute Gasteiger partial charge is 0.484 e. The Morgan fingerprint density at radius 2 is 1.52 bits per heavy atom. The molecule has 1 N–H and O–H groups in total. The van der Waals surface area contributed by atoms with Gasteiger partial charge in [0.05, 0.1) is 6.04 Å². The Bertz CT molecular complexity index is 1540. The summed E-state index contributed by atoms with van der Waals surface area (Å²) in [6, 6.07) is 35.8. The van der Waals surface area contributed by atoms with E-state index in [1.54, 1.807) is 11.8 Å². The molecule has 0 aliphatic carbocycles. The van der Waals surface area contributed by atoms with Crippen LogP contribution in [0.4, 0.5) is 0 Å². The van der Waals surface area contributed by atoms with E-state index in [2.05, 4.69) is 94.6 Å². The van der Waals surface area contributed by atoms with Gasteiger partial charge in [-0.2, -0.15) is 0 Å². The molecule has 1 amide bonds. The molecule has 1 atom stereocenters. The average Bonchev–Trinajstić information content (AvgIpc) is 3.40. The number of carbonyl (C=O) groups is 1. The minimum absolute atomic E-state index is 0.0943. The van der Waals surface area contributed by atoms with E-state index in [1.807, 2.05) is 48.5 Å². The van der Waals surface area contributed by atoms with Crippen molar-refractivity contribution >= 4 is 17.7 Å². The lowest BCUT2D eigenvalue weighted by Crippen LogP contribution is -2.35. The van der Waals surface area contributed by atoms with E-state index in [0.29, 0.717) is 18.0 Å². The molecule has 0 aliphatic heterocycles. The number of hydrogen-bond acceptors (Lipinski definition) is 5. The van der Waals surface area contributed by atoms with Crippen LogP contribution in [0.2, 0.25) is 0 Å². The number of benzene rings is 4. The minimum atomic E-state index is -0.420. The smallest absolute Gasteiger partial charge is 0.258 e. The maximum Gasteiger partial charge on any atom is 0.258 e. The van der Waals surface area contributed by atoms with Crippen molar-refractivity contribution in [1.29, 1.82) is 0 Å². The molecule has 0 spiro atoms. The molecule has 4 aromatic carbocycles. The highest BCUT2D eigenvalue weighted by Gasteiger charge is 2.25. The van der Waals surface area contributed by atoms with E-state index in [1.165, 1.54) is 16.7 Å². The number of para-hydroxylation sites is 1. The molecule has 1 heterocycles. The van der Waals surface area contributed by atoms with Gasteiger partial charge in [-0.25, -0.2) is 0 Å². The summed E-state index contributed by atoms with van der Waals surface area (Å²) in [5, 5.41) is 13.2. The SMILES string of the molecule is Cc1ccc(-n2c(SCc3cccc(C)c3)nnc2C(Cc2ccccc2)NC(=O)COc2ccccc2)cc1. The fourth-order valence-corrected chi connectivity index (χ4v) is 5.35. The van der Waals surface area contributed by atoms with Crippen LogP contribution in [0.25, 0.3) is 5.69 Å². The van der Waals surface area contributed by atoms with E-state index in [0.717, 1.165) is 22.2 Å². The van der Waals surface area contributed by atoms with Crippen LogP contribution in [0.15, 0.2) is 114 Å². The second-order valence-corrected chi connectivity index (χ2v) is 10.6. The summed E-state index contributed by atoms with van der Waals surface area (Å²) in [5.41, 5.74) is 5.65. The van der Waals surface area contributed by atoms with Gasteiger partial charge in [-0.1, -0.05) is 108 Å². The molecule has 0 saturated heterocycles. The van der Waals surface area contributed by atoms with E-state index < -0.39 is 6.04 Å². The van der Waals surface area contributed by atoms with Crippen LogP contribution in [-0.2, 0) is 17.0 Å². The maximum atomic E-state index is 13.1. The third-order valence-corrected chi connectivity index (χ3v) is 7.44. The van der Waals surface area contributed by atoms with Crippen LogP contribution in [0.5, 0.6) is 5.75 Å². The summed E-state index contributed by atoms with van der Waals surface area (Å²) in [7, 11) is 0. The van der Waals surface area contributed by atoms with Gasteiger partial charge in [-0.3, -0.25) is 9.36 Å². The van der Waals surface area contributed by atoms with Crippen molar-refractivity contribution in [3.05, 3.63) is 137 Å². The van der Waals surface area contributed by atoms with Crippen LogP contribution < -0.4 is 10.1 Å². The van der Waals surface area contributed by atoms with Crippen molar-refractivity contribution in [2.45, 2.75) is 37.2 Å². The highest BCUT2D eigenvalue weighted by molar-refractivity contribution is 7.98. The standard InChI is InChI=1S/C33H32N4O2S/c1-24-16-18-28(19-17-24)37-32(35-36-33(37)40-23-27-13-9-10-25(2)20-27)30(21-26-11-5-3-6-12-26)34-31(38)22-39-29-14-7-4-8-15-29/h3-20,30H,21-23H2,1-2H3,(H,34,38). The number of carbonyl (C=O) groups excluding carboxylic acids is 1. The van der Waals surface area contributed by atoms with E-state index in [-0.39, 0.29) is 12.5 Å². The van der Waals surface area contributed by atoms with Crippen molar-refractivity contribution in [3.8, 4) is 11.4 Å². The van der Waals surface area contributed by atoms with Gasteiger partial charge in [0.2, 0.25) is 0 Å². The van der Waals surface area contributed by atoms with Gasteiger partial charge in [0.1, 0.15) is 5.75 Å². The van der Waals surface area contributed by atoms with Gasteiger partial charge in [-0.15, -0.1) is 10.2 Å². The fourth-order valence-electron chi connectivity index (χ4n) is 4.44. The maximum absolute atomic E-state index is 13.1. The molecule has 202 valence electrons. The molecule has 6 nitrogen and oxygen atoms in total. The Morgan fingerprint density at radius 1 is 0.825 bits per heavy atom. The third-order valence-electron chi connectivity index (χ3n) is 6.44. The molecular weight excluding hydrogens is 516 g/mol. The number of amides is 1. The molecule has 0 bridgehead atoms. The van der Waals surface area contributed by atoms with Gasteiger partial charge in [0, 0.05) is 11.4 Å². The van der Waals surface area contributed by atoms with Gasteiger partial charge in [0.25, 0.3) is 5.91 Å². The molecule has 1 aromatic heterocycles. The number of thioether (sulfide) groups is 1. The van der Waals surface area contributed by atoms with Crippen LogP contribution in [0, 0.1) is 13.8 Å². The molecule has 0 radical (unpaired) electrons. The molecule has 40 heavy (non-hydrogen) atoms. The van der Waals surface area contributed by atoms with Crippen molar-refractivity contribution in [2.24, 2.45) is 0 Å². The molecule has 5 aromatic rings. The lowest BCUT2D eigenvalue weighted by atomic mass is 10.0. The Hall–Kier alpha value is -4.36. The minimum Gasteiger partial charge on any atom is -0.484 e. The topological polar surface area (TPSA) is 69.0 Å². The molecule has 5 rings (SSSR count). The summed E-state index contributed by atoms with van der Waals surface area (Å²) >= 11 is 1.63. The predicted molar refractivity (Wildman–Crippen MR) is 160 cm³/mol. The van der Waals surface area contributed by atoms with E-state index in [9.17, 15) is 4.79 Å². The normalized spacial score (nSPS) is 11.7. The second-order valence-electron chi connectivity index (χ2n) is 9.70. The summed E-state index contributed by atoms with van der Waals surface area (Å²) in [4.78, 5) is 13.1. The van der Waals surface area contributed by atoms with Crippen LogP contribution in [-0.4, -0.2) is 27.3 Å². The Morgan fingerprint density at radius 3 is 2.25 bits per heavy atom. The Kier molecular flexibility index (Phi) is 8.93. The van der Waals surface area contributed by atoms with Crippen molar-refractivity contribution < 1.29 is 9.53 Å². The molecule has 1 unspecified atom stereocenters. The first-order chi connectivity index (χ1) is 19.5. The number of nitrogens with one attached hydrogen (secondary N) is 1. The lowest BCUT2D eigenvalue weighted by molar-refractivity contribution is -0.123. The van der Waals surface area contributed by atoms with Gasteiger partial charge < -0.3 is 10.1 Å². The number of ether oxygens (including phenoxy) is 1. The zero-order chi connectivity index (χ0) is 27.7. The van der Waals surface area contributed by atoms with Crippen molar-refractivity contribution in [3.63, 3.8) is 0 Å². The monoisotopic (exact) mass is 548 g/mol. The summed E-state index contributed by atoms with van der Waals surface area (Å²) in [5.74, 6) is 1.85. The molecular formula is C33H32N4O2S. The molecule has 7 heteroatoms. The first kappa shape index (κ1) is 27.2. The number of aryl methyl sites for hydroxylation is 2. The first-order valence-electron chi connectivity index (χ1n) is 13.3. The highest BCUT2D eigenvalue weighted by atomic mass is 32.2. The number of aromatic nitrogens is 3. The average molecular weight is 549 g/mol. The first-order valence-corrected chi connectivity index (χ1v) is 14.3. The van der Waals surface area contributed by atoms with Crippen LogP contribution in [0.3, 0.4) is 0 Å². The van der Waals surface area contributed by atoms with Gasteiger partial charge in [-0.05, 0) is 55.7 Å². The molecule has 0 aliphatic rings. The van der Waals surface area contributed by atoms with Crippen molar-refractivity contribution in [2.75, 3.05) is 6.61 Å². The van der Waals surface area contributed by atoms with E-state index >= 15 is 0 Å². The number of hydrogen-bond donors (Lipinski definition) is 1. The van der Waals surface area contributed by atoms with E-state index in [4.69, 9.17) is 4.74 Å². The zero-order valence-electron chi connectivity index (χ0n) is 22.7. The number of rotatable bonds is 11. The second kappa shape index (κ2) is 13.1. The highest BCUT2D eigenvalue weighted by Crippen LogP contribution is 2.29. The summed E-state index contributed by atoms with van der Waals surface area (Å²) in [6.07, 6.45) is 0.560. The van der Waals surface area contributed by atoms with Crippen LogP contribution >= 0.6 is 11.8 Å². The van der Waals surface area contributed by atoms with Gasteiger partial charge >= 0.3 is 0 Å². The number of nitrogens with zero attached hydrogens (tertiary/aromatic N) is 3. The third kappa shape index (κ3) is 7.18. The van der Waals surface area contributed by atoms with Crippen LogP contribution in [0.1, 0.15) is 34.1 Å². The zero-order valence-corrected chi connectivity index (χ0v) is 23.5. The predicted octanol–water partition coefficient (Wildman–Crippen LogP) is 6.66. The van der Waals surface area contributed by atoms with Gasteiger partial charge in [0.15, 0.2) is 17.6 Å². The Balaban J connectivity index is 1.46. The summed E-state index contributed by atoms with van der Waals surface area (Å²) in [6.45, 7) is 4.07. The molecule has 0 saturated carbocycles. The fraction of sp³-hybridized carbons (Fsp3) is 0.182. The quantitative estimate of drug-likeness (QED) is 0.187.